The standard InChI is InChI=1S/C15H13N3O2/c1-9-8-10(2)18-14(16-9)12(13(17-18)15(19)20)11-6-4-3-5-7-11/h3-8H,1-2H3,(H,19,20). The molecule has 1 aromatic carbocycles. The second kappa shape index (κ2) is 4.45. The van der Waals surface area contributed by atoms with Crippen molar-refractivity contribution in [2.45, 2.75) is 13.8 Å². The van der Waals surface area contributed by atoms with Gasteiger partial charge in [0, 0.05) is 11.4 Å². The Balaban J connectivity index is 2.44. The Hall–Kier alpha value is -2.69. The van der Waals surface area contributed by atoms with E-state index in [2.05, 4.69) is 10.1 Å². The number of carboxylic acids is 1. The summed E-state index contributed by atoms with van der Waals surface area (Å²) < 4.78 is 1.58. The average Bonchev–Trinajstić information content (AvgIpc) is 2.79. The van der Waals surface area contributed by atoms with E-state index in [0.717, 1.165) is 17.0 Å². The van der Waals surface area contributed by atoms with Crippen molar-refractivity contribution in [3.8, 4) is 11.1 Å². The number of aromatic carboxylic acids is 1. The van der Waals surface area contributed by atoms with Crippen LogP contribution in [0.2, 0.25) is 0 Å². The predicted octanol–water partition coefficient (Wildman–Crippen LogP) is 2.71. The van der Waals surface area contributed by atoms with Gasteiger partial charge in [-0.15, -0.1) is 0 Å². The summed E-state index contributed by atoms with van der Waals surface area (Å²) in [6.07, 6.45) is 0. The Morgan fingerprint density at radius 2 is 1.90 bits per heavy atom. The van der Waals surface area contributed by atoms with Gasteiger partial charge in [-0.1, -0.05) is 30.3 Å². The summed E-state index contributed by atoms with van der Waals surface area (Å²) >= 11 is 0. The molecule has 0 spiro atoms. The second-order valence-corrected chi connectivity index (χ2v) is 4.67. The summed E-state index contributed by atoms with van der Waals surface area (Å²) in [6, 6.07) is 11.2. The maximum atomic E-state index is 11.5. The third-order valence-corrected chi connectivity index (χ3v) is 3.16. The van der Waals surface area contributed by atoms with E-state index in [4.69, 9.17) is 0 Å². The molecule has 2 heterocycles. The van der Waals surface area contributed by atoms with Crippen molar-refractivity contribution in [1.29, 1.82) is 0 Å². The number of benzene rings is 1. The summed E-state index contributed by atoms with van der Waals surface area (Å²) in [5.41, 5.74) is 3.66. The van der Waals surface area contributed by atoms with Crippen LogP contribution >= 0.6 is 0 Å². The van der Waals surface area contributed by atoms with E-state index in [1.807, 2.05) is 50.2 Å². The minimum atomic E-state index is -1.05. The number of aryl methyl sites for hydroxylation is 2. The van der Waals surface area contributed by atoms with E-state index in [1.165, 1.54) is 0 Å². The molecule has 0 amide bonds. The lowest BCUT2D eigenvalue weighted by Gasteiger charge is -2.02. The highest BCUT2D eigenvalue weighted by Gasteiger charge is 2.21. The Labute approximate surface area is 115 Å². The molecule has 5 nitrogen and oxygen atoms in total. The first kappa shape index (κ1) is 12.3. The van der Waals surface area contributed by atoms with Gasteiger partial charge in [0.05, 0.1) is 5.56 Å². The van der Waals surface area contributed by atoms with Gasteiger partial charge in [0.15, 0.2) is 11.3 Å². The zero-order chi connectivity index (χ0) is 14.3. The number of carboxylic acid groups (broad SMARTS) is 1. The number of carbonyl (C=O) groups is 1. The molecule has 0 aliphatic carbocycles. The maximum absolute atomic E-state index is 11.5. The third kappa shape index (κ3) is 1.84. The molecule has 1 N–H and O–H groups in total. The molecule has 0 radical (unpaired) electrons. The van der Waals surface area contributed by atoms with Crippen LogP contribution in [0, 0.1) is 13.8 Å². The SMILES string of the molecule is Cc1cc(C)n2nc(C(=O)O)c(-c3ccccc3)c2n1. The first-order valence-electron chi connectivity index (χ1n) is 6.23. The monoisotopic (exact) mass is 267 g/mol. The first-order chi connectivity index (χ1) is 9.58. The van der Waals surface area contributed by atoms with Crippen LogP contribution < -0.4 is 0 Å². The molecular formula is C15H13N3O2. The van der Waals surface area contributed by atoms with Crippen LogP contribution in [-0.4, -0.2) is 25.7 Å². The molecule has 0 unspecified atom stereocenters. The van der Waals surface area contributed by atoms with Crippen molar-refractivity contribution in [3.05, 3.63) is 53.5 Å². The van der Waals surface area contributed by atoms with E-state index in [-0.39, 0.29) is 5.69 Å². The molecule has 20 heavy (non-hydrogen) atoms. The van der Waals surface area contributed by atoms with Crippen molar-refractivity contribution < 1.29 is 9.90 Å². The zero-order valence-corrected chi connectivity index (χ0v) is 11.2. The van der Waals surface area contributed by atoms with Crippen LogP contribution in [0.15, 0.2) is 36.4 Å². The van der Waals surface area contributed by atoms with Crippen LogP contribution in [0.1, 0.15) is 21.9 Å². The van der Waals surface area contributed by atoms with Crippen LogP contribution in [0.25, 0.3) is 16.8 Å². The van der Waals surface area contributed by atoms with Crippen molar-refractivity contribution >= 4 is 11.6 Å². The fraction of sp³-hybridized carbons (Fsp3) is 0.133. The smallest absolute Gasteiger partial charge is 0.357 e. The van der Waals surface area contributed by atoms with Gasteiger partial charge in [-0.2, -0.15) is 5.10 Å². The molecule has 0 aliphatic heterocycles. The highest BCUT2D eigenvalue weighted by Crippen LogP contribution is 2.28. The van der Waals surface area contributed by atoms with E-state index in [0.29, 0.717) is 11.2 Å². The Morgan fingerprint density at radius 1 is 1.20 bits per heavy atom. The number of fused-ring (bicyclic) bond motifs is 1. The topological polar surface area (TPSA) is 67.5 Å². The summed E-state index contributed by atoms with van der Waals surface area (Å²) in [5, 5.41) is 13.6. The fourth-order valence-electron chi connectivity index (χ4n) is 2.34. The number of nitrogens with zero attached hydrogens (tertiary/aromatic N) is 3. The van der Waals surface area contributed by atoms with E-state index >= 15 is 0 Å². The lowest BCUT2D eigenvalue weighted by molar-refractivity contribution is 0.0691. The molecule has 100 valence electrons. The largest absolute Gasteiger partial charge is 0.476 e. The molecule has 0 atom stereocenters. The van der Waals surface area contributed by atoms with Crippen molar-refractivity contribution in [1.82, 2.24) is 14.6 Å². The molecule has 0 aliphatic rings. The summed E-state index contributed by atoms with van der Waals surface area (Å²) in [6.45, 7) is 3.77. The molecule has 0 saturated heterocycles. The molecule has 0 fully saturated rings. The molecule has 0 bridgehead atoms. The normalized spacial score (nSPS) is 10.9. The van der Waals surface area contributed by atoms with Gasteiger partial charge in [-0.05, 0) is 25.5 Å². The molecular weight excluding hydrogens is 254 g/mol. The first-order valence-corrected chi connectivity index (χ1v) is 6.23. The number of aromatic nitrogens is 3. The highest BCUT2D eigenvalue weighted by atomic mass is 16.4. The van der Waals surface area contributed by atoms with Gasteiger partial charge in [-0.3, -0.25) is 0 Å². The van der Waals surface area contributed by atoms with Crippen LogP contribution in [0.4, 0.5) is 0 Å². The lowest BCUT2D eigenvalue weighted by Crippen LogP contribution is -2.00. The number of rotatable bonds is 2. The van der Waals surface area contributed by atoms with Crippen LogP contribution in [0.5, 0.6) is 0 Å². The summed E-state index contributed by atoms with van der Waals surface area (Å²) in [5.74, 6) is -1.05. The molecule has 0 saturated carbocycles. The maximum Gasteiger partial charge on any atom is 0.357 e. The molecule has 5 heteroatoms. The minimum Gasteiger partial charge on any atom is -0.476 e. The average molecular weight is 267 g/mol. The van der Waals surface area contributed by atoms with Crippen LogP contribution in [-0.2, 0) is 0 Å². The Bertz CT molecular complexity index is 807. The Morgan fingerprint density at radius 3 is 2.55 bits per heavy atom. The molecule has 3 aromatic rings. The van der Waals surface area contributed by atoms with E-state index in [9.17, 15) is 9.90 Å². The van der Waals surface area contributed by atoms with Gasteiger partial charge >= 0.3 is 5.97 Å². The van der Waals surface area contributed by atoms with Crippen molar-refractivity contribution in [2.24, 2.45) is 0 Å². The lowest BCUT2D eigenvalue weighted by atomic mass is 10.1. The minimum absolute atomic E-state index is 0.0254. The van der Waals surface area contributed by atoms with Gasteiger partial charge in [0.2, 0.25) is 0 Å². The number of hydrogen-bond donors (Lipinski definition) is 1. The van der Waals surface area contributed by atoms with Crippen LogP contribution in [0.3, 0.4) is 0 Å². The second-order valence-electron chi connectivity index (χ2n) is 4.67. The summed E-state index contributed by atoms with van der Waals surface area (Å²) in [7, 11) is 0. The summed E-state index contributed by atoms with van der Waals surface area (Å²) in [4.78, 5) is 15.9. The van der Waals surface area contributed by atoms with Crippen molar-refractivity contribution in [3.63, 3.8) is 0 Å². The van der Waals surface area contributed by atoms with E-state index < -0.39 is 5.97 Å². The zero-order valence-electron chi connectivity index (χ0n) is 11.2. The van der Waals surface area contributed by atoms with Gasteiger partial charge in [-0.25, -0.2) is 14.3 Å². The number of hydrogen-bond acceptors (Lipinski definition) is 3. The van der Waals surface area contributed by atoms with Gasteiger partial charge in [0.25, 0.3) is 0 Å². The van der Waals surface area contributed by atoms with Gasteiger partial charge < -0.3 is 5.11 Å². The predicted molar refractivity (Wildman–Crippen MR) is 74.9 cm³/mol. The molecule has 2 aromatic heterocycles. The van der Waals surface area contributed by atoms with Gasteiger partial charge in [0.1, 0.15) is 0 Å². The van der Waals surface area contributed by atoms with Crippen molar-refractivity contribution in [2.75, 3.05) is 0 Å². The quantitative estimate of drug-likeness (QED) is 0.775. The van der Waals surface area contributed by atoms with E-state index in [1.54, 1.807) is 4.52 Å². The molecule has 3 rings (SSSR count). The Kier molecular flexibility index (Phi) is 2.75. The third-order valence-electron chi connectivity index (χ3n) is 3.16. The fourth-order valence-corrected chi connectivity index (χ4v) is 2.34. The highest BCUT2D eigenvalue weighted by molar-refractivity contribution is 5.98.